The number of hydrogen-bond acceptors (Lipinski definition) is 3. The Balaban J connectivity index is 1.51. The van der Waals surface area contributed by atoms with E-state index < -0.39 is 11.7 Å². The number of halogens is 3. The van der Waals surface area contributed by atoms with E-state index in [1.807, 2.05) is 0 Å². The van der Waals surface area contributed by atoms with Gasteiger partial charge in [-0.05, 0) is 36.4 Å². The molecule has 122 valence electrons. The fourth-order valence-electron chi connectivity index (χ4n) is 3.54. The summed E-state index contributed by atoms with van der Waals surface area (Å²) in [4.78, 5) is 7.40. The predicted octanol–water partition coefficient (Wildman–Crippen LogP) is 3.93. The van der Waals surface area contributed by atoms with Crippen LogP contribution < -0.4 is 4.74 Å². The molecule has 2 aliphatic rings. The summed E-state index contributed by atoms with van der Waals surface area (Å²) in [5.41, 5.74) is 1.08. The molecule has 1 aromatic heterocycles. The first-order valence-corrected chi connectivity index (χ1v) is 7.48. The maximum atomic E-state index is 12.8. The molecule has 2 heterocycles. The highest BCUT2D eigenvalue weighted by Crippen LogP contribution is 2.63. The maximum Gasteiger partial charge on any atom is 0.416 e. The number of phenolic OH excluding ortho intramolecular Hbond substituents is 1. The number of H-pyrrole nitrogens is 1. The summed E-state index contributed by atoms with van der Waals surface area (Å²) in [6.07, 6.45) is -4.46. The highest BCUT2D eigenvalue weighted by atomic mass is 19.4. The van der Waals surface area contributed by atoms with Gasteiger partial charge < -0.3 is 14.8 Å². The van der Waals surface area contributed by atoms with Gasteiger partial charge in [0.15, 0.2) is 0 Å². The second kappa shape index (κ2) is 4.23. The molecule has 3 atom stereocenters. The largest absolute Gasteiger partial charge is 0.508 e. The van der Waals surface area contributed by atoms with E-state index in [1.165, 1.54) is 6.07 Å². The Kier molecular flexibility index (Phi) is 2.41. The summed E-state index contributed by atoms with van der Waals surface area (Å²) in [5.74, 6) is 1.58. The van der Waals surface area contributed by atoms with E-state index in [0.29, 0.717) is 16.9 Å². The Morgan fingerprint density at radius 1 is 1.08 bits per heavy atom. The van der Waals surface area contributed by atoms with E-state index in [2.05, 4.69) is 9.97 Å². The van der Waals surface area contributed by atoms with Crippen LogP contribution in [-0.4, -0.2) is 21.2 Å². The lowest BCUT2D eigenvalue weighted by atomic mass is 10.1. The molecule has 24 heavy (non-hydrogen) atoms. The average molecular weight is 332 g/mol. The first kappa shape index (κ1) is 13.7. The monoisotopic (exact) mass is 332 g/mol. The zero-order valence-corrected chi connectivity index (χ0v) is 12.1. The molecule has 5 rings (SSSR count). The highest BCUT2D eigenvalue weighted by molar-refractivity contribution is 5.76. The molecule has 1 saturated carbocycles. The number of aromatic nitrogens is 2. The number of fused-ring (bicyclic) bond motifs is 4. The number of hydrogen-bond donors (Lipinski definition) is 2. The van der Waals surface area contributed by atoms with Crippen LogP contribution in [0.4, 0.5) is 13.2 Å². The molecule has 3 aromatic rings. The van der Waals surface area contributed by atoms with Gasteiger partial charge in [-0.3, -0.25) is 0 Å². The Labute approximate surface area is 133 Å². The topological polar surface area (TPSA) is 58.1 Å². The lowest BCUT2D eigenvalue weighted by Crippen LogP contribution is -2.04. The fraction of sp³-hybridized carbons (Fsp3) is 0.235. The number of nitrogens with zero attached hydrogens (tertiary/aromatic N) is 1. The number of nitrogens with one attached hydrogen (secondary N) is 1. The summed E-state index contributed by atoms with van der Waals surface area (Å²) in [5, 5.41) is 9.63. The summed E-state index contributed by atoms with van der Waals surface area (Å²) >= 11 is 0. The normalized spacial score (nSPS) is 24.5. The molecular weight excluding hydrogens is 321 g/mol. The molecule has 0 bridgehead atoms. The van der Waals surface area contributed by atoms with Crippen LogP contribution in [0, 0.1) is 0 Å². The second-order valence-electron chi connectivity index (χ2n) is 6.21. The van der Waals surface area contributed by atoms with Crippen LogP contribution in [0.15, 0.2) is 36.4 Å². The molecule has 2 N–H and O–H groups in total. The van der Waals surface area contributed by atoms with Crippen LogP contribution in [-0.2, 0) is 6.18 Å². The number of ether oxygens (including phenoxy) is 1. The Hall–Kier alpha value is -2.70. The van der Waals surface area contributed by atoms with Crippen molar-refractivity contribution in [1.82, 2.24) is 9.97 Å². The standard InChI is InChI=1S/C17H11F3N2O2/c18-17(19,20)7-1-3-10-11(5-7)22-16(21-10)14-13-9-6-8(23)2-4-12(9)24-15(13)14/h1-6,13-15,23H,(H,21,22)/t13?,14?,15-/m1/s1. The minimum atomic E-state index is -4.38. The molecule has 1 aliphatic heterocycles. The van der Waals surface area contributed by atoms with Gasteiger partial charge in [0, 0.05) is 11.5 Å². The molecule has 1 aliphatic carbocycles. The summed E-state index contributed by atoms with van der Waals surface area (Å²) < 4.78 is 44.2. The van der Waals surface area contributed by atoms with Crippen molar-refractivity contribution in [3.63, 3.8) is 0 Å². The van der Waals surface area contributed by atoms with Gasteiger partial charge in [-0.1, -0.05) is 0 Å². The number of rotatable bonds is 1. The third kappa shape index (κ3) is 1.84. The van der Waals surface area contributed by atoms with Crippen molar-refractivity contribution in [2.75, 3.05) is 0 Å². The van der Waals surface area contributed by atoms with Crippen molar-refractivity contribution in [1.29, 1.82) is 0 Å². The maximum absolute atomic E-state index is 12.8. The van der Waals surface area contributed by atoms with E-state index >= 15 is 0 Å². The molecule has 0 amide bonds. The van der Waals surface area contributed by atoms with Gasteiger partial charge in [0.1, 0.15) is 23.4 Å². The van der Waals surface area contributed by atoms with Gasteiger partial charge in [0.25, 0.3) is 0 Å². The van der Waals surface area contributed by atoms with Gasteiger partial charge in [-0.25, -0.2) is 4.98 Å². The van der Waals surface area contributed by atoms with E-state index in [9.17, 15) is 18.3 Å². The number of alkyl halides is 3. The van der Waals surface area contributed by atoms with Gasteiger partial charge in [-0.15, -0.1) is 0 Å². The lowest BCUT2D eigenvalue weighted by molar-refractivity contribution is -0.137. The molecule has 2 unspecified atom stereocenters. The Morgan fingerprint density at radius 2 is 1.92 bits per heavy atom. The number of aromatic amines is 1. The minimum Gasteiger partial charge on any atom is -0.508 e. The number of imidazole rings is 1. The molecule has 0 saturated heterocycles. The lowest BCUT2D eigenvalue weighted by Gasteiger charge is -2.06. The molecule has 0 radical (unpaired) electrons. The third-order valence-electron chi connectivity index (χ3n) is 4.71. The third-order valence-corrected chi connectivity index (χ3v) is 4.71. The molecule has 0 spiro atoms. The van der Waals surface area contributed by atoms with E-state index in [-0.39, 0.29) is 23.7 Å². The predicted molar refractivity (Wildman–Crippen MR) is 79.1 cm³/mol. The van der Waals surface area contributed by atoms with Crippen LogP contribution >= 0.6 is 0 Å². The van der Waals surface area contributed by atoms with Crippen LogP contribution in [0.2, 0.25) is 0 Å². The molecule has 7 heteroatoms. The molecular formula is C17H11F3N2O2. The van der Waals surface area contributed by atoms with Gasteiger partial charge in [-0.2, -0.15) is 13.2 Å². The van der Waals surface area contributed by atoms with Gasteiger partial charge in [0.05, 0.1) is 22.5 Å². The molecule has 2 aromatic carbocycles. The van der Waals surface area contributed by atoms with Crippen molar-refractivity contribution >= 4 is 11.0 Å². The van der Waals surface area contributed by atoms with Crippen LogP contribution in [0.3, 0.4) is 0 Å². The van der Waals surface area contributed by atoms with Crippen molar-refractivity contribution in [3.05, 3.63) is 53.3 Å². The summed E-state index contributed by atoms with van der Waals surface area (Å²) in [6.45, 7) is 0. The Bertz CT molecular complexity index is 980. The highest BCUT2D eigenvalue weighted by Gasteiger charge is 2.61. The zero-order valence-electron chi connectivity index (χ0n) is 12.1. The van der Waals surface area contributed by atoms with E-state index in [0.717, 1.165) is 23.4 Å². The first-order valence-electron chi connectivity index (χ1n) is 7.48. The van der Waals surface area contributed by atoms with Crippen LogP contribution in [0.5, 0.6) is 11.5 Å². The molecule has 1 fully saturated rings. The van der Waals surface area contributed by atoms with Crippen molar-refractivity contribution < 1.29 is 23.0 Å². The van der Waals surface area contributed by atoms with Crippen molar-refractivity contribution in [2.24, 2.45) is 0 Å². The van der Waals surface area contributed by atoms with Crippen LogP contribution in [0.25, 0.3) is 11.0 Å². The summed E-state index contributed by atoms with van der Waals surface area (Å²) in [7, 11) is 0. The number of aromatic hydroxyl groups is 1. The average Bonchev–Trinajstić information content (AvgIpc) is 2.89. The first-order chi connectivity index (χ1) is 11.4. The van der Waals surface area contributed by atoms with Crippen molar-refractivity contribution in [3.8, 4) is 11.5 Å². The van der Waals surface area contributed by atoms with Gasteiger partial charge >= 0.3 is 6.18 Å². The Morgan fingerprint density at radius 3 is 2.71 bits per heavy atom. The SMILES string of the molecule is Oc1ccc2c(c1)C1C(c3nc4ccc(C(F)(F)F)cc4[nH]3)[C@@H]1O2. The van der Waals surface area contributed by atoms with E-state index in [4.69, 9.17) is 4.74 Å². The number of phenols is 1. The minimum absolute atomic E-state index is 0.0268. The smallest absolute Gasteiger partial charge is 0.416 e. The zero-order chi connectivity index (χ0) is 16.6. The van der Waals surface area contributed by atoms with E-state index in [1.54, 1.807) is 18.2 Å². The second-order valence-corrected chi connectivity index (χ2v) is 6.21. The number of benzene rings is 2. The van der Waals surface area contributed by atoms with Gasteiger partial charge in [0.2, 0.25) is 0 Å². The van der Waals surface area contributed by atoms with Crippen LogP contribution in [0.1, 0.15) is 28.8 Å². The quantitative estimate of drug-likeness (QED) is 0.710. The summed E-state index contributed by atoms with van der Waals surface area (Å²) in [6, 6.07) is 8.44. The molecule has 4 nitrogen and oxygen atoms in total. The van der Waals surface area contributed by atoms with Crippen molar-refractivity contribution in [2.45, 2.75) is 24.1 Å². The fourth-order valence-corrected chi connectivity index (χ4v) is 3.54.